The minimum Gasteiger partial charge on any atom is -0.480 e. The van der Waals surface area contributed by atoms with Crippen molar-refractivity contribution in [1.29, 1.82) is 0 Å². The Labute approximate surface area is 156 Å². The number of amides is 1. The Morgan fingerprint density at radius 3 is 2.52 bits per heavy atom. The van der Waals surface area contributed by atoms with E-state index in [2.05, 4.69) is 10.3 Å². The molecule has 27 heavy (non-hydrogen) atoms. The Bertz CT molecular complexity index is 975. The van der Waals surface area contributed by atoms with Crippen molar-refractivity contribution in [2.45, 2.75) is 18.9 Å². The number of carbonyl (C=O) groups excluding carboxylic acids is 1. The number of aromatic amines is 1. The van der Waals surface area contributed by atoms with Gasteiger partial charge >= 0.3 is 5.97 Å². The molecule has 1 fully saturated rings. The van der Waals surface area contributed by atoms with Gasteiger partial charge in [-0.15, -0.1) is 0 Å². The van der Waals surface area contributed by atoms with E-state index >= 15 is 0 Å². The second kappa shape index (κ2) is 7.25. The average Bonchev–Trinajstić information content (AvgIpc) is 3.33. The zero-order valence-electron chi connectivity index (χ0n) is 14.8. The van der Waals surface area contributed by atoms with Crippen LogP contribution in [0.4, 0.5) is 5.69 Å². The highest BCUT2D eigenvalue weighted by atomic mass is 16.4. The van der Waals surface area contributed by atoms with Crippen LogP contribution in [0.3, 0.4) is 0 Å². The monoisotopic (exact) mass is 363 g/mol. The smallest absolute Gasteiger partial charge is 0.325 e. The number of nitrogens with one attached hydrogen (secondary N) is 2. The first-order valence-electron chi connectivity index (χ1n) is 9.08. The van der Waals surface area contributed by atoms with Crippen molar-refractivity contribution in [1.82, 2.24) is 9.88 Å². The number of benzene rings is 2. The maximum atomic E-state index is 12.4. The van der Waals surface area contributed by atoms with Gasteiger partial charge in [0.05, 0.1) is 0 Å². The molecular weight excluding hydrogens is 342 g/mol. The van der Waals surface area contributed by atoms with E-state index in [9.17, 15) is 14.7 Å². The molecule has 1 saturated heterocycles. The summed E-state index contributed by atoms with van der Waals surface area (Å²) in [5.41, 5.74) is 2.80. The highest BCUT2D eigenvalue weighted by Gasteiger charge is 2.31. The molecule has 2 aromatic carbocycles. The lowest BCUT2D eigenvalue weighted by Crippen LogP contribution is -2.31. The molecular formula is C21H21N3O3. The predicted molar refractivity (Wildman–Crippen MR) is 104 cm³/mol. The summed E-state index contributed by atoms with van der Waals surface area (Å²) >= 11 is 0. The molecule has 1 amide bonds. The maximum absolute atomic E-state index is 12.4. The fourth-order valence-corrected chi connectivity index (χ4v) is 3.72. The molecule has 0 bridgehead atoms. The number of carboxylic acids is 1. The Kier molecular flexibility index (Phi) is 4.64. The number of fused-ring (bicyclic) bond motifs is 1. The molecule has 1 unspecified atom stereocenters. The zero-order chi connectivity index (χ0) is 18.8. The van der Waals surface area contributed by atoms with E-state index in [-0.39, 0.29) is 5.91 Å². The van der Waals surface area contributed by atoms with Crippen LogP contribution >= 0.6 is 0 Å². The van der Waals surface area contributed by atoms with Crippen molar-refractivity contribution < 1.29 is 14.7 Å². The summed E-state index contributed by atoms with van der Waals surface area (Å²) in [6.07, 6.45) is 3.81. The topological polar surface area (TPSA) is 85.4 Å². The number of hydrogen-bond acceptors (Lipinski definition) is 3. The molecule has 0 saturated carbocycles. The summed E-state index contributed by atoms with van der Waals surface area (Å²) in [6, 6.07) is 13.8. The Hall–Kier alpha value is -3.12. The number of carboxylic acid groups (broad SMARTS) is 1. The van der Waals surface area contributed by atoms with Crippen molar-refractivity contribution in [2.24, 2.45) is 0 Å². The molecule has 3 N–H and O–H groups in total. The van der Waals surface area contributed by atoms with Crippen LogP contribution in [-0.4, -0.2) is 40.0 Å². The van der Waals surface area contributed by atoms with E-state index in [0.717, 1.165) is 42.4 Å². The molecule has 1 aromatic heterocycles. The number of rotatable bonds is 5. The summed E-state index contributed by atoms with van der Waals surface area (Å²) in [5, 5.41) is 13.5. The van der Waals surface area contributed by atoms with Crippen LogP contribution in [0.5, 0.6) is 0 Å². The lowest BCUT2D eigenvalue weighted by Gasteiger charge is -2.23. The minimum atomic E-state index is -0.850. The van der Waals surface area contributed by atoms with Crippen molar-refractivity contribution >= 4 is 28.5 Å². The first-order valence-corrected chi connectivity index (χ1v) is 9.08. The van der Waals surface area contributed by atoms with E-state index in [1.54, 1.807) is 18.3 Å². The van der Waals surface area contributed by atoms with Crippen LogP contribution in [0.1, 0.15) is 34.8 Å². The third-order valence-corrected chi connectivity index (χ3v) is 5.04. The maximum Gasteiger partial charge on any atom is 0.325 e. The van der Waals surface area contributed by atoms with Gasteiger partial charge in [0.1, 0.15) is 6.04 Å². The van der Waals surface area contributed by atoms with Gasteiger partial charge in [0.25, 0.3) is 5.91 Å². The molecule has 4 rings (SSSR count). The highest BCUT2D eigenvalue weighted by Crippen LogP contribution is 2.32. The second-order valence-corrected chi connectivity index (χ2v) is 6.81. The van der Waals surface area contributed by atoms with Gasteiger partial charge in [-0.25, -0.2) is 0 Å². The largest absolute Gasteiger partial charge is 0.480 e. The summed E-state index contributed by atoms with van der Waals surface area (Å²) in [7, 11) is 0. The van der Waals surface area contributed by atoms with Crippen molar-refractivity contribution in [3.05, 3.63) is 65.9 Å². The predicted octanol–water partition coefficient (Wildman–Crippen LogP) is 3.64. The third-order valence-electron chi connectivity index (χ3n) is 5.04. The number of hydrogen-bond donors (Lipinski definition) is 3. The third kappa shape index (κ3) is 3.44. The SMILES string of the molecule is O=C(Nc1ccc2[nH]cc(C(C(=O)O)N3CCCC3)c2c1)c1ccccc1. The number of nitrogens with zero attached hydrogens (tertiary/aromatic N) is 1. The average molecular weight is 363 g/mol. The quantitative estimate of drug-likeness (QED) is 0.646. The van der Waals surface area contributed by atoms with Crippen molar-refractivity contribution in [3.8, 4) is 0 Å². The molecule has 1 aliphatic heterocycles. The summed E-state index contributed by atoms with van der Waals surface area (Å²) in [5.74, 6) is -1.04. The molecule has 6 heteroatoms. The van der Waals surface area contributed by atoms with Crippen LogP contribution in [0.15, 0.2) is 54.7 Å². The normalized spacial score (nSPS) is 15.7. The molecule has 1 aliphatic rings. The molecule has 0 aliphatic carbocycles. The fourth-order valence-electron chi connectivity index (χ4n) is 3.72. The van der Waals surface area contributed by atoms with E-state index in [4.69, 9.17) is 0 Å². The molecule has 138 valence electrons. The van der Waals surface area contributed by atoms with E-state index < -0.39 is 12.0 Å². The van der Waals surface area contributed by atoms with Gasteiger partial charge in [-0.1, -0.05) is 18.2 Å². The number of H-pyrrole nitrogens is 1. The lowest BCUT2D eigenvalue weighted by molar-refractivity contribution is -0.143. The van der Waals surface area contributed by atoms with Gasteiger partial charge in [0, 0.05) is 33.9 Å². The van der Waals surface area contributed by atoms with Crippen LogP contribution in [0, 0.1) is 0 Å². The van der Waals surface area contributed by atoms with Gasteiger partial charge < -0.3 is 15.4 Å². The Morgan fingerprint density at radius 2 is 1.81 bits per heavy atom. The van der Waals surface area contributed by atoms with E-state index in [0.29, 0.717) is 11.3 Å². The number of aliphatic carboxylic acids is 1. The summed E-state index contributed by atoms with van der Waals surface area (Å²) in [6.45, 7) is 1.57. The van der Waals surface area contributed by atoms with Gasteiger partial charge in [0.15, 0.2) is 0 Å². The minimum absolute atomic E-state index is 0.193. The van der Waals surface area contributed by atoms with E-state index in [1.807, 2.05) is 41.3 Å². The Balaban J connectivity index is 1.66. The van der Waals surface area contributed by atoms with Crippen LogP contribution in [0.25, 0.3) is 10.9 Å². The standard InChI is InChI=1S/C21H21N3O3/c25-20(14-6-2-1-3-7-14)23-15-8-9-18-16(12-15)17(13-22-18)19(21(26)27)24-10-4-5-11-24/h1-3,6-9,12-13,19,22H,4-5,10-11H2,(H,23,25)(H,26,27). The molecule has 0 spiro atoms. The molecule has 1 atom stereocenters. The first-order chi connectivity index (χ1) is 13.1. The van der Waals surface area contributed by atoms with Crippen LogP contribution in [-0.2, 0) is 4.79 Å². The number of carbonyl (C=O) groups is 2. The summed E-state index contributed by atoms with van der Waals surface area (Å²) in [4.78, 5) is 29.5. The number of aromatic nitrogens is 1. The van der Waals surface area contributed by atoms with Gasteiger partial charge in [-0.2, -0.15) is 0 Å². The number of likely N-dealkylation sites (tertiary alicyclic amines) is 1. The van der Waals surface area contributed by atoms with Gasteiger partial charge in [0.2, 0.25) is 0 Å². The Morgan fingerprint density at radius 1 is 1.07 bits per heavy atom. The van der Waals surface area contributed by atoms with Crippen LogP contribution in [0.2, 0.25) is 0 Å². The first kappa shape index (κ1) is 17.3. The van der Waals surface area contributed by atoms with Gasteiger partial charge in [-0.05, 0) is 56.3 Å². The van der Waals surface area contributed by atoms with Crippen LogP contribution < -0.4 is 5.32 Å². The fraction of sp³-hybridized carbons (Fsp3) is 0.238. The van der Waals surface area contributed by atoms with Gasteiger partial charge in [-0.3, -0.25) is 14.5 Å². The molecule has 6 nitrogen and oxygen atoms in total. The highest BCUT2D eigenvalue weighted by molar-refractivity contribution is 6.05. The molecule has 2 heterocycles. The molecule has 3 aromatic rings. The van der Waals surface area contributed by atoms with Crippen molar-refractivity contribution in [3.63, 3.8) is 0 Å². The second-order valence-electron chi connectivity index (χ2n) is 6.81. The lowest BCUT2D eigenvalue weighted by atomic mass is 10.0. The zero-order valence-corrected chi connectivity index (χ0v) is 14.8. The van der Waals surface area contributed by atoms with Crippen molar-refractivity contribution in [2.75, 3.05) is 18.4 Å². The number of anilines is 1. The molecule has 0 radical (unpaired) electrons. The summed E-state index contributed by atoms with van der Waals surface area (Å²) < 4.78 is 0. The van der Waals surface area contributed by atoms with E-state index in [1.165, 1.54) is 0 Å².